The van der Waals surface area contributed by atoms with Crippen molar-refractivity contribution in [3.05, 3.63) is 27.5 Å². The van der Waals surface area contributed by atoms with Crippen LogP contribution in [0.3, 0.4) is 0 Å². The van der Waals surface area contributed by atoms with Gasteiger partial charge in [0.05, 0.1) is 22.0 Å². The fourth-order valence-corrected chi connectivity index (χ4v) is 3.06. The molecule has 6 heteroatoms. The first-order chi connectivity index (χ1) is 7.15. The summed E-state index contributed by atoms with van der Waals surface area (Å²) >= 11 is 8.73. The molecule has 1 N–H and O–H groups in total. The molecule has 2 aromatic heterocycles. The molecule has 0 unspecified atom stereocenters. The Hall–Kier alpha value is -0.910. The summed E-state index contributed by atoms with van der Waals surface area (Å²) in [6.07, 6.45) is -0.0321. The second kappa shape index (κ2) is 4.30. The Kier molecular flexibility index (Phi) is 3.04. The molecule has 0 atom stereocenters. The molecule has 15 heavy (non-hydrogen) atoms. The molecule has 0 aromatic carbocycles. The number of carboxylic acids is 1. The van der Waals surface area contributed by atoms with E-state index in [4.69, 9.17) is 16.7 Å². The van der Waals surface area contributed by atoms with Crippen LogP contribution in [-0.2, 0) is 11.2 Å². The lowest BCUT2D eigenvalue weighted by molar-refractivity contribution is -0.136. The lowest BCUT2D eigenvalue weighted by Gasteiger charge is -1.88. The highest BCUT2D eigenvalue weighted by Crippen LogP contribution is 2.31. The Labute approximate surface area is 99.0 Å². The summed E-state index contributed by atoms with van der Waals surface area (Å²) in [7, 11) is 0. The summed E-state index contributed by atoms with van der Waals surface area (Å²) < 4.78 is 0. The predicted octanol–water partition coefficient (Wildman–Crippen LogP) is 3.15. The molecule has 0 bridgehead atoms. The van der Waals surface area contributed by atoms with Gasteiger partial charge in [-0.25, -0.2) is 4.98 Å². The number of carboxylic acid groups (broad SMARTS) is 1. The summed E-state index contributed by atoms with van der Waals surface area (Å²) in [6.45, 7) is 0. The third-order valence-corrected chi connectivity index (χ3v) is 4.00. The molecule has 0 radical (unpaired) electrons. The number of thiazole rings is 1. The highest BCUT2D eigenvalue weighted by Gasteiger charge is 2.09. The molecule has 0 saturated heterocycles. The van der Waals surface area contributed by atoms with Crippen LogP contribution in [-0.4, -0.2) is 16.1 Å². The third-order valence-electron chi connectivity index (χ3n) is 1.66. The van der Waals surface area contributed by atoms with Gasteiger partial charge in [0.1, 0.15) is 5.01 Å². The van der Waals surface area contributed by atoms with Gasteiger partial charge in [0.2, 0.25) is 0 Å². The van der Waals surface area contributed by atoms with Crippen molar-refractivity contribution in [3.8, 4) is 9.88 Å². The minimum Gasteiger partial charge on any atom is -0.481 e. The lowest BCUT2D eigenvalue weighted by Crippen LogP contribution is -1.99. The fraction of sp³-hybridized carbons (Fsp3) is 0.111. The molecular formula is C9H6ClNO2S2. The minimum absolute atomic E-state index is 0.0321. The van der Waals surface area contributed by atoms with E-state index in [0.29, 0.717) is 10.7 Å². The summed E-state index contributed by atoms with van der Waals surface area (Å²) in [5.41, 5.74) is 0.590. The molecule has 2 rings (SSSR count). The molecule has 3 nitrogen and oxygen atoms in total. The SMILES string of the molecule is O=C(O)Cc1csc(-c2cc(Cl)cs2)n1. The van der Waals surface area contributed by atoms with Crippen molar-refractivity contribution in [2.75, 3.05) is 0 Å². The van der Waals surface area contributed by atoms with Gasteiger partial charge in [-0.3, -0.25) is 4.79 Å². The molecule has 2 heterocycles. The first-order valence-electron chi connectivity index (χ1n) is 4.06. The van der Waals surface area contributed by atoms with Crippen molar-refractivity contribution >= 4 is 40.2 Å². The molecule has 0 amide bonds. The van der Waals surface area contributed by atoms with Crippen molar-refractivity contribution in [3.63, 3.8) is 0 Å². The molecule has 2 aromatic rings. The van der Waals surface area contributed by atoms with Crippen LogP contribution < -0.4 is 0 Å². The molecule has 0 aliphatic rings. The van der Waals surface area contributed by atoms with Gasteiger partial charge in [-0.15, -0.1) is 22.7 Å². The van der Waals surface area contributed by atoms with Gasteiger partial charge < -0.3 is 5.11 Å². The summed E-state index contributed by atoms with van der Waals surface area (Å²) in [4.78, 5) is 15.7. The van der Waals surface area contributed by atoms with Crippen molar-refractivity contribution in [1.29, 1.82) is 0 Å². The topological polar surface area (TPSA) is 50.2 Å². The molecule has 0 fully saturated rings. The number of halogens is 1. The predicted molar refractivity (Wildman–Crippen MR) is 61.8 cm³/mol. The van der Waals surface area contributed by atoms with E-state index >= 15 is 0 Å². The summed E-state index contributed by atoms with van der Waals surface area (Å²) in [5.74, 6) is -0.865. The molecule has 0 aliphatic heterocycles. The summed E-state index contributed by atoms with van der Waals surface area (Å²) in [6, 6.07) is 1.83. The van der Waals surface area contributed by atoms with Gasteiger partial charge in [-0.05, 0) is 6.07 Å². The zero-order valence-corrected chi connectivity index (χ0v) is 9.83. The summed E-state index contributed by atoms with van der Waals surface area (Å²) in [5, 5.41) is 13.7. The van der Waals surface area contributed by atoms with Crippen LogP contribution in [0.5, 0.6) is 0 Å². The van der Waals surface area contributed by atoms with Crippen molar-refractivity contribution in [1.82, 2.24) is 4.98 Å². The first kappa shape index (κ1) is 10.6. The first-order valence-corrected chi connectivity index (χ1v) is 6.19. The van der Waals surface area contributed by atoms with E-state index in [1.165, 1.54) is 22.7 Å². The van der Waals surface area contributed by atoms with Crippen molar-refractivity contribution in [2.24, 2.45) is 0 Å². The number of thiophene rings is 1. The van der Waals surface area contributed by atoms with E-state index in [-0.39, 0.29) is 6.42 Å². The number of aliphatic carboxylic acids is 1. The van der Waals surface area contributed by atoms with Crippen LogP contribution in [0.2, 0.25) is 5.02 Å². The Bertz CT molecular complexity index is 492. The zero-order valence-electron chi connectivity index (χ0n) is 7.44. The Morgan fingerprint density at radius 3 is 2.87 bits per heavy atom. The number of rotatable bonds is 3. The standard InChI is InChI=1S/C9H6ClNO2S2/c10-5-1-7(14-3-5)9-11-6(4-15-9)2-8(12)13/h1,3-4H,2H2,(H,12,13). The number of hydrogen-bond donors (Lipinski definition) is 1. The number of aromatic nitrogens is 1. The number of carbonyl (C=O) groups is 1. The van der Waals surface area contributed by atoms with Gasteiger partial charge in [0, 0.05) is 10.8 Å². The van der Waals surface area contributed by atoms with Crippen LogP contribution in [0.25, 0.3) is 9.88 Å². The van der Waals surface area contributed by atoms with Crippen LogP contribution in [0.15, 0.2) is 16.8 Å². The molecule has 0 spiro atoms. The monoisotopic (exact) mass is 259 g/mol. The van der Waals surface area contributed by atoms with E-state index in [9.17, 15) is 4.79 Å². The largest absolute Gasteiger partial charge is 0.481 e. The van der Waals surface area contributed by atoms with E-state index in [0.717, 1.165) is 9.88 Å². The van der Waals surface area contributed by atoms with Crippen LogP contribution in [0, 0.1) is 0 Å². The van der Waals surface area contributed by atoms with E-state index in [2.05, 4.69) is 4.98 Å². The molecule has 0 saturated carbocycles. The normalized spacial score (nSPS) is 10.5. The van der Waals surface area contributed by atoms with Crippen LogP contribution >= 0.6 is 34.3 Å². The van der Waals surface area contributed by atoms with Crippen molar-refractivity contribution in [2.45, 2.75) is 6.42 Å². The minimum atomic E-state index is -0.865. The number of nitrogens with zero attached hydrogens (tertiary/aromatic N) is 1. The molecule has 0 aliphatic carbocycles. The highest BCUT2D eigenvalue weighted by atomic mass is 35.5. The lowest BCUT2D eigenvalue weighted by atomic mass is 10.3. The fourth-order valence-electron chi connectivity index (χ4n) is 1.08. The van der Waals surface area contributed by atoms with Gasteiger partial charge in [0.15, 0.2) is 0 Å². The van der Waals surface area contributed by atoms with E-state index < -0.39 is 5.97 Å². The Morgan fingerprint density at radius 1 is 1.47 bits per heavy atom. The third kappa shape index (κ3) is 2.56. The smallest absolute Gasteiger partial charge is 0.309 e. The quantitative estimate of drug-likeness (QED) is 0.921. The highest BCUT2D eigenvalue weighted by molar-refractivity contribution is 7.20. The van der Waals surface area contributed by atoms with Crippen LogP contribution in [0.1, 0.15) is 5.69 Å². The van der Waals surface area contributed by atoms with Crippen molar-refractivity contribution < 1.29 is 9.90 Å². The maximum absolute atomic E-state index is 10.5. The zero-order chi connectivity index (χ0) is 10.8. The van der Waals surface area contributed by atoms with Gasteiger partial charge in [-0.2, -0.15) is 0 Å². The maximum atomic E-state index is 10.5. The van der Waals surface area contributed by atoms with Gasteiger partial charge >= 0.3 is 5.97 Å². The van der Waals surface area contributed by atoms with Gasteiger partial charge in [0.25, 0.3) is 0 Å². The van der Waals surface area contributed by atoms with Crippen LogP contribution in [0.4, 0.5) is 0 Å². The average molecular weight is 260 g/mol. The van der Waals surface area contributed by atoms with E-state index in [1.54, 1.807) is 5.38 Å². The van der Waals surface area contributed by atoms with E-state index in [1.807, 2.05) is 11.4 Å². The second-order valence-electron chi connectivity index (χ2n) is 2.84. The average Bonchev–Trinajstić information content (AvgIpc) is 2.72. The maximum Gasteiger partial charge on any atom is 0.309 e. The number of hydrogen-bond acceptors (Lipinski definition) is 4. The molecule has 78 valence electrons. The van der Waals surface area contributed by atoms with Gasteiger partial charge in [-0.1, -0.05) is 11.6 Å². The Morgan fingerprint density at radius 2 is 2.27 bits per heavy atom. The second-order valence-corrected chi connectivity index (χ2v) is 5.05. The molecular weight excluding hydrogens is 254 g/mol. The Balaban J connectivity index is 2.23.